The Balaban J connectivity index is 1.38. The molecular formula is C25H32N4O5. The van der Waals surface area contributed by atoms with E-state index in [0.717, 1.165) is 30.2 Å². The maximum atomic E-state index is 13.1. The summed E-state index contributed by atoms with van der Waals surface area (Å²) in [5.74, 6) is 0.970. The zero-order chi connectivity index (χ0) is 24.2. The Morgan fingerprint density at radius 2 is 1.82 bits per heavy atom. The van der Waals surface area contributed by atoms with E-state index in [1.807, 2.05) is 11.8 Å². The second-order valence-corrected chi connectivity index (χ2v) is 8.76. The molecule has 0 bridgehead atoms. The lowest BCUT2D eigenvalue weighted by atomic mass is 10.1. The van der Waals surface area contributed by atoms with Gasteiger partial charge in [-0.2, -0.15) is 0 Å². The molecule has 2 saturated heterocycles. The van der Waals surface area contributed by atoms with Crippen LogP contribution in [0.3, 0.4) is 0 Å². The van der Waals surface area contributed by atoms with Crippen molar-refractivity contribution < 1.29 is 24.2 Å². The quantitative estimate of drug-likeness (QED) is 0.623. The summed E-state index contributed by atoms with van der Waals surface area (Å²) in [6, 6.07) is 8.91. The van der Waals surface area contributed by atoms with Crippen molar-refractivity contribution in [2.45, 2.75) is 26.8 Å². The van der Waals surface area contributed by atoms with Gasteiger partial charge in [-0.1, -0.05) is 6.07 Å². The van der Waals surface area contributed by atoms with E-state index in [-0.39, 0.29) is 38.4 Å². The van der Waals surface area contributed by atoms with Gasteiger partial charge in [0, 0.05) is 43.1 Å². The summed E-state index contributed by atoms with van der Waals surface area (Å²) in [4.78, 5) is 35.7. The van der Waals surface area contributed by atoms with Crippen LogP contribution in [0.4, 0.5) is 16.3 Å². The third kappa shape index (κ3) is 5.00. The molecule has 4 rings (SSSR count). The molecular weight excluding hydrogens is 436 g/mol. The largest absolute Gasteiger partial charge is 0.447 e. The molecule has 2 fully saturated rings. The van der Waals surface area contributed by atoms with E-state index in [1.54, 1.807) is 24.3 Å². The van der Waals surface area contributed by atoms with Crippen LogP contribution >= 0.6 is 0 Å². The van der Waals surface area contributed by atoms with E-state index in [2.05, 4.69) is 24.8 Å². The zero-order valence-electron chi connectivity index (χ0n) is 20.0. The van der Waals surface area contributed by atoms with E-state index in [1.165, 1.54) is 10.5 Å². The second kappa shape index (κ2) is 10.4. The molecule has 0 radical (unpaired) electrons. The van der Waals surface area contributed by atoms with Crippen LogP contribution in [0.1, 0.15) is 27.2 Å². The summed E-state index contributed by atoms with van der Waals surface area (Å²) < 4.78 is 10.5. The van der Waals surface area contributed by atoms with Crippen LogP contribution in [0.15, 0.2) is 30.3 Å². The van der Waals surface area contributed by atoms with Gasteiger partial charge in [0.1, 0.15) is 12.4 Å². The molecule has 1 aromatic heterocycles. The molecule has 2 aliphatic heterocycles. The number of nitrogens with zero attached hydrogens (tertiary/aromatic N) is 4. The summed E-state index contributed by atoms with van der Waals surface area (Å²) >= 11 is 0. The lowest BCUT2D eigenvalue weighted by molar-refractivity contribution is 0.0746. The van der Waals surface area contributed by atoms with Crippen molar-refractivity contribution in [3.63, 3.8) is 0 Å². The summed E-state index contributed by atoms with van der Waals surface area (Å²) in [7, 11) is 0. The number of rotatable bonds is 7. The maximum Gasteiger partial charge on any atom is 0.414 e. The summed E-state index contributed by atoms with van der Waals surface area (Å²) in [5, 5.41) is 8.89. The molecule has 2 amide bonds. The molecule has 1 aromatic carbocycles. The number of aromatic nitrogens is 1. The number of carbonyl (C=O) groups excluding carboxylic acids is 2. The topological polar surface area (TPSA) is 95.4 Å². The Hall–Kier alpha value is -3.17. The zero-order valence-corrected chi connectivity index (χ0v) is 20.0. The van der Waals surface area contributed by atoms with Gasteiger partial charge in [0.2, 0.25) is 0 Å². The average Bonchev–Trinajstić information content (AvgIpc) is 3.21. The number of hydrogen-bond donors (Lipinski definition) is 1. The number of cyclic esters (lactones) is 1. The second-order valence-electron chi connectivity index (χ2n) is 8.76. The molecule has 1 atom stereocenters. The van der Waals surface area contributed by atoms with Crippen molar-refractivity contribution in [1.29, 1.82) is 0 Å². The molecule has 3 heterocycles. The molecule has 34 heavy (non-hydrogen) atoms. The Labute approximate surface area is 199 Å². The number of piperazine rings is 1. The lowest BCUT2D eigenvalue weighted by Crippen LogP contribution is -2.49. The number of pyridine rings is 1. The van der Waals surface area contributed by atoms with Gasteiger partial charge in [0.05, 0.1) is 25.9 Å². The Kier molecular flexibility index (Phi) is 7.33. The first-order valence-corrected chi connectivity index (χ1v) is 11.6. The van der Waals surface area contributed by atoms with E-state index < -0.39 is 6.09 Å². The van der Waals surface area contributed by atoms with Gasteiger partial charge in [-0.05, 0) is 56.2 Å². The van der Waals surface area contributed by atoms with Gasteiger partial charge in [0.15, 0.2) is 0 Å². The predicted octanol–water partition coefficient (Wildman–Crippen LogP) is 2.30. The third-order valence-corrected chi connectivity index (χ3v) is 6.40. The number of amides is 2. The normalized spacial score (nSPS) is 18.4. The smallest absolute Gasteiger partial charge is 0.414 e. The Morgan fingerprint density at radius 3 is 2.50 bits per heavy atom. The van der Waals surface area contributed by atoms with E-state index in [0.29, 0.717) is 24.3 Å². The van der Waals surface area contributed by atoms with E-state index >= 15 is 0 Å². The van der Waals surface area contributed by atoms with Crippen LogP contribution < -0.4 is 9.80 Å². The van der Waals surface area contributed by atoms with Gasteiger partial charge < -0.3 is 24.4 Å². The van der Waals surface area contributed by atoms with Crippen LogP contribution in [0, 0.1) is 20.8 Å². The molecule has 0 aliphatic carbocycles. The van der Waals surface area contributed by atoms with Gasteiger partial charge in [-0.15, -0.1) is 0 Å². The highest BCUT2D eigenvalue weighted by atomic mass is 16.6. The number of aliphatic hydroxyl groups is 1. The van der Waals surface area contributed by atoms with Crippen LogP contribution in [-0.2, 0) is 9.47 Å². The lowest BCUT2D eigenvalue weighted by Gasteiger charge is -2.36. The highest BCUT2D eigenvalue weighted by Crippen LogP contribution is 2.25. The van der Waals surface area contributed by atoms with Crippen molar-refractivity contribution in [3.8, 4) is 0 Å². The molecule has 0 spiro atoms. The number of ether oxygens (including phenoxy) is 2. The molecule has 0 unspecified atom stereocenters. The van der Waals surface area contributed by atoms with Crippen molar-refractivity contribution in [2.75, 3.05) is 62.4 Å². The first-order valence-electron chi connectivity index (χ1n) is 11.6. The highest BCUT2D eigenvalue weighted by molar-refractivity contribution is 5.96. The van der Waals surface area contributed by atoms with Gasteiger partial charge >= 0.3 is 6.09 Å². The minimum absolute atomic E-state index is 0.0252. The molecule has 182 valence electrons. The van der Waals surface area contributed by atoms with Gasteiger partial charge in [-0.25, -0.2) is 9.78 Å². The first-order chi connectivity index (χ1) is 16.4. The van der Waals surface area contributed by atoms with Crippen molar-refractivity contribution >= 4 is 23.5 Å². The average molecular weight is 469 g/mol. The number of anilines is 2. The van der Waals surface area contributed by atoms with Gasteiger partial charge in [0.25, 0.3) is 5.91 Å². The molecule has 9 nitrogen and oxygen atoms in total. The SMILES string of the molecule is Cc1cc(C)c(N2CCN(C(=O)c3ccc(N4C(=O)OC[C@H]4COCCO)cc3)CC2)nc1C. The van der Waals surface area contributed by atoms with Crippen LogP contribution in [-0.4, -0.2) is 85.6 Å². The minimum Gasteiger partial charge on any atom is -0.447 e. The number of aryl methyl sites for hydroxylation is 3. The molecule has 9 heteroatoms. The van der Waals surface area contributed by atoms with Gasteiger partial charge in [-0.3, -0.25) is 9.69 Å². The van der Waals surface area contributed by atoms with Crippen molar-refractivity contribution in [3.05, 3.63) is 52.7 Å². The fourth-order valence-corrected chi connectivity index (χ4v) is 4.40. The Morgan fingerprint density at radius 1 is 1.12 bits per heavy atom. The summed E-state index contributed by atoms with van der Waals surface area (Å²) in [6.07, 6.45) is -0.442. The number of carbonyl (C=O) groups is 2. The highest BCUT2D eigenvalue weighted by Gasteiger charge is 2.34. The summed E-state index contributed by atoms with van der Waals surface area (Å²) in [5.41, 5.74) is 4.60. The third-order valence-electron chi connectivity index (χ3n) is 6.40. The molecule has 1 N–H and O–H groups in total. The minimum atomic E-state index is -0.442. The number of benzene rings is 1. The first kappa shape index (κ1) is 24.0. The maximum absolute atomic E-state index is 13.1. The monoisotopic (exact) mass is 468 g/mol. The predicted molar refractivity (Wildman–Crippen MR) is 129 cm³/mol. The molecule has 0 saturated carbocycles. The van der Waals surface area contributed by atoms with Crippen LogP contribution in [0.25, 0.3) is 0 Å². The molecule has 2 aliphatic rings. The van der Waals surface area contributed by atoms with Crippen molar-refractivity contribution in [2.24, 2.45) is 0 Å². The fourth-order valence-electron chi connectivity index (χ4n) is 4.40. The number of hydrogen-bond acceptors (Lipinski definition) is 7. The van der Waals surface area contributed by atoms with E-state index in [4.69, 9.17) is 19.6 Å². The van der Waals surface area contributed by atoms with Crippen LogP contribution in [0.5, 0.6) is 0 Å². The Bertz CT molecular complexity index is 1030. The standard InChI is InChI=1S/C25H32N4O5/c1-17-14-18(2)23(26-19(17)3)27-8-10-28(11-9-27)24(31)20-4-6-21(7-5-20)29-22(15-33-13-12-30)16-34-25(29)32/h4-7,14,22,30H,8-13,15-16H2,1-3H3/t22-/m1/s1. The number of aliphatic hydroxyl groups excluding tert-OH is 1. The summed E-state index contributed by atoms with van der Waals surface area (Å²) in [6.45, 7) is 9.50. The van der Waals surface area contributed by atoms with Crippen LogP contribution in [0.2, 0.25) is 0 Å². The molecule has 2 aromatic rings. The van der Waals surface area contributed by atoms with Crippen molar-refractivity contribution in [1.82, 2.24) is 9.88 Å². The van der Waals surface area contributed by atoms with E-state index in [9.17, 15) is 9.59 Å². The fraction of sp³-hybridized carbons (Fsp3) is 0.480.